The Kier molecular flexibility index (Phi) is 6.47. The van der Waals surface area contributed by atoms with Gasteiger partial charge in [-0.05, 0) is 37.3 Å². The minimum Gasteiger partial charge on any atom is -0.453 e. The van der Waals surface area contributed by atoms with Crippen molar-refractivity contribution in [3.8, 4) is 0 Å². The number of hydrogen-bond acceptors (Lipinski definition) is 5. The average molecular weight is 389 g/mol. The number of nitrogens with zero attached hydrogens (tertiary/aromatic N) is 1. The van der Waals surface area contributed by atoms with Crippen molar-refractivity contribution in [2.75, 3.05) is 0 Å². The summed E-state index contributed by atoms with van der Waals surface area (Å²) in [4.78, 5) is 29.0. The predicted octanol–water partition coefficient (Wildman–Crippen LogP) is 4.10. The molecule has 0 bridgehead atoms. The van der Waals surface area contributed by atoms with E-state index in [1.807, 2.05) is 24.3 Å². The molecule has 1 saturated carbocycles. The first-order valence-electron chi connectivity index (χ1n) is 9.78. The van der Waals surface area contributed by atoms with Gasteiger partial charge >= 0.3 is 5.97 Å². The second-order valence-electron chi connectivity index (χ2n) is 7.59. The number of nitrogens with one attached hydrogen (secondary N) is 1. The molecule has 1 N–H and O–H groups in total. The van der Waals surface area contributed by atoms with E-state index >= 15 is 0 Å². The topological polar surface area (TPSA) is 68.3 Å². The zero-order chi connectivity index (χ0) is 19.4. The largest absolute Gasteiger partial charge is 0.453 e. The van der Waals surface area contributed by atoms with Crippen molar-refractivity contribution in [3.05, 3.63) is 29.3 Å². The molecule has 0 aliphatic heterocycles. The monoisotopic (exact) mass is 388 g/mol. The van der Waals surface area contributed by atoms with Crippen molar-refractivity contribution in [1.29, 1.82) is 0 Å². The third-order valence-electron chi connectivity index (χ3n) is 5.59. The fraction of sp³-hybridized carbons (Fsp3) is 0.571. The van der Waals surface area contributed by atoms with Gasteiger partial charge in [0.15, 0.2) is 6.10 Å². The van der Waals surface area contributed by atoms with Gasteiger partial charge in [0.25, 0.3) is 5.91 Å². The van der Waals surface area contributed by atoms with Crippen LogP contribution in [0.2, 0.25) is 0 Å². The molecule has 1 aromatic heterocycles. The number of aryl methyl sites for hydroxylation is 1. The molecule has 3 rings (SSSR count). The van der Waals surface area contributed by atoms with Gasteiger partial charge in [-0.1, -0.05) is 38.8 Å². The van der Waals surface area contributed by atoms with E-state index in [-0.39, 0.29) is 24.3 Å². The molecular formula is C21H28N2O3S. The van der Waals surface area contributed by atoms with Crippen LogP contribution in [0.25, 0.3) is 10.2 Å². The maximum atomic E-state index is 12.4. The fourth-order valence-corrected chi connectivity index (χ4v) is 4.60. The predicted molar refractivity (Wildman–Crippen MR) is 108 cm³/mol. The second-order valence-corrected chi connectivity index (χ2v) is 8.71. The summed E-state index contributed by atoms with van der Waals surface area (Å²) >= 11 is 1.59. The molecular weight excluding hydrogens is 360 g/mol. The lowest BCUT2D eigenvalue weighted by molar-refractivity contribution is -0.155. The number of hydrogen-bond donors (Lipinski definition) is 1. The molecule has 0 spiro atoms. The molecule has 1 aliphatic rings. The lowest BCUT2D eigenvalue weighted by Gasteiger charge is -2.35. The van der Waals surface area contributed by atoms with Crippen molar-refractivity contribution in [3.63, 3.8) is 0 Å². The maximum absolute atomic E-state index is 12.4. The summed E-state index contributed by atoms with van der Waals surface area (Å²) in [6.07, 6.45) is 3.33. The number of esters is 1. The first-order chi connectivity index (χ1) is 12.9. The quantitative estimate of drug-likeness (QED) is 0.757. The van der Waals surface area contributed by atoms with Gasteiger partial charge < -0.3 is 10.1 Å². The molecule has 1 aliphatic carbocycles. The van der Waals surface area contributed by atoms with Crippen LogP contribution in [0.3, 0.4) is 0 Å². The Hall–Kier alpha value is -1.95. The van der Waals surface area contributed by atoms with Crippen molar-refractivity contribution in [2.45, 2.75) is 65.0 Å². The molecule has 5 nitrogen and oxygen atoms in total. The number of amides is 1. The Balaban J connectivity index is 1.46. The minimum atomic E-state index is -0.766. The van der Waals surface area contributed by atoms with E-state index in [0.29, 0.717) is 18.3 Å². The van der Waals surface area contributed by atoms with E-state index in [1.165, 1.54) is 6.42 Å². The van der Waals surface area contributed by atoms with Gasteiger partial charge in [0.05, 0.1) is 21.6 Å². The second kappa shape index (κ2) is 8.83. The van der Waals surface area contributed by atoms with Crippen LogP contribution in [0.4, 0.5) is 0 Å². The summed E-state index contributed by atoms with van der Waals surface area (Å²) < 4.78 is 6.45. The zero-order valence-corrected chi connectivity index (χ0v) is 17.1. The highest BCUT2D eigenvalue weighted by Gasteiger charge is 2.30. The molecule has 1 heterocycles. The number of aromatic nitrogens is 1. The van der Waals surface area contributed by atoms with Crippen LogP contribution < -0.4 is 5.32 Å². The van der Waals surface area contributed by atoms with Crippen LogP contribution in [-0.2, 0) is 20.7 Å². The number of ether oxygens (including phenoxy) is 1. The summed E-state index contributed by atoms with van der Waals surface area (Å²) in [6.45, 7) is 6.06. The van der Waals surface area contributed by atoms with E-state index in [1.54, 1.807) is 18.3 Å². The van der Waals surface area contributed by atoms with Crippen LogP contribution in [0.1, 0.15) is 51.5 Å². The molecule has 6 heteroatoms. The normalized spacial score (nSPS) is 23.7. The molecule has 0 saturated heterocycles. The molecule has 0 radical (unpaired) electrons. The zero-order valence-electron chi connectivity index (χ0n) is 16.2. The summed E-state index contributed by atoms with van der Waals surface area (Å²) in [5.74, 6) is 0.497. The Labute approximate surface area is 164 Å². The highest BCUT2D eigenvalue weighted by atomic mass is 32.1. The number of benzene rings is 1. The van der Waals surface area contributed by atoms with Gasteiger partial charge in [-0.15, -0.1) is 11.3 Å². The lowest BCUT2D eigenvalue weighted by atomic mass is 9.78. The minimum absolute atomic E-state index is 0.171. The van der Waals surface area contributed by atoms with Gasteiger partial charge in [-0.25, -0.2) is 4.98 Å². The van der Waals surface area contributed by atoms with Crippen molar-refractivity contribution in [1.82, 2.24) is 10.3 Å². The molecule has 2 aromatic rings. The highest BCUT2D eigenvalue weighted by molar-refractivity contribution is 7.18. The molecule has 146 valence electrons. The number of thiazole rings is 1. The third kappa shape index (κ3) is 5.06. The van der Waals surface area contributed by atoms with Gasteiger partial charge in [0, 0.05) is 12.5 Å². The Morgan fingerprint density at radius 3 is 2.85 bits per heavy atom. The summed E-state index contributed by atoms with van der Waals surface area (Å²) in [6, 6.07) is 8.09. The Bertz CT molecular complexity index is 771. The summed E-state index contributed by atoms with van der Waals surface area (Å²) in [5.41, 5.74) is 0.953. The standard InChI is InChI=1S/C21H28N2O3S/c1-13-7-6-9-16(14(13)2)23-21(25)15(3)26-20(24)12-11-19-22-17-8-4-5-10-18(17)27-19/h4-5,8,10,13-16H,6-7,9,11-12H2,1-3H3,(H,23,25)/t13-,14+,15+,16+/m0/s1. The number of rotatable bonds is 6. The molecule has 1 fully saturated rings. The summed E-state index contributed by atoms with van der Waals surface area (Å²) in [7, 11) is 0. The van der Waals surface area contributed by atoms with E-state index in [4.69, 9.17) is 4.74 Å². The molecule has 0 unspecified atom stereocenters. The van der Waals surface area contributed by atoms with E-state index < -0.39 is 6.10 Å². The van der Waals surface area contributed by atoms with Gasteiger partial charge in [-0.3, -0.25) is 9.59 Å². The van der Waals surface area contributed by atoms with Crippen molar-refractivity contribution >= 4 is 33.4 Å². The first-order valence-corrected chi connectivity index (χ1v) is 10.6. The van der Waals surface area contributed by atoms with Crippen LogP contribution in [-0.4, -0.2) is 29.0 Å². The van der Waals surface area contributed by atoms with Crippen LogP contribution >= 0.6 is 11.3 Å². The molecule has 4 atom stereocenters. The van der Waals surface area contributed by atoms with E-state index in [0.717, 1.165) is 28.1 Å². The summed E-state index contributed by atoms with van der Waals surface area (Å²) in [5, 5.41) is 3.98. The van der Waals surface area contributed by atoms with Crippen LogP contribution in [0, 0.1) is 11.8 Å². The Morgan fingerprint density at radius 1 is 1.30 bits per heavy atom. The van der Waals surface area contributed by atoms with Gasteiger partial charge in [0.1, 0.15) is 0 Å². The van der Waals surface area contributed by atoms with E-state index in [2.05, 4.69) is 24.1 Å². The highest BCUT2D eigenvalue weighted by Crippen LogP contribution is 2.29. The lowest BCUT2D eigenvalue weighted by Crippen LogP contribution is -2.47. The van der Waals surface area contributed by atoms with Crippen LogP contribution in [0.15, 0.2) is 24.3 Å². The molecule has 27 heavy (non-hydrogen) atoms. The van der Waals surface area contributed by atoms with Crippen LogP contribution in [0.5, 0.6) is 0 Å². The molecule has 1 aromatic carbocycles. The number of fused-ring (bicyclic) bond motifs is 1. The van der Waals surface area contributed by atoms with Crippen molar-refractivity contribution < 1.29 is 14.3 Å². The smallest absolute Gasteiger partial charge is 0.306 e. The van der Waals surface area contributed by atoms with Crippen molar-refractivity contribution in [2.24, 2.45) is 11.8 Å². The molecule has 1 amide bonds. The fourth-order valence-electron chi connectivity index (χ4n) is 3.63. The average Bonchev–Trinajstić information content (AvgIpc) is 3.06. The van der Waals surface area contributed by atoms with E-state index in [9.17, 15) is 9.59 Å². The first kappa shape index (κ1) is 19.8. The Morgan fingerprint density at radius 2 is 2.07 bits per heavy atom. The SMILES string of the molecule is C[C@@H]1[C@@H](C)CCC[C@H]1NC(=O)[C@@H](C)OC(=O)CCc1nc2ccccc2s1. The third-order valence-corrected chi connectivity index (χ3v) is 6.69. The maximum Gasteiger partial charge on any atom is 0.306 e. The number of carbonyl (C=O) groups excluding carboxylic acids is 2. The number of para-hydroxylation sites is 1. The van der Waals surface area contributed by atoms with Gasteiger partial charge in [0.2, 0.25) is 0 Å². The van der Waals surface area contributed by atoms with Gasteiger partial charge in [-0.2, -0.15) is 0 Å². The number of carbonyl (C=O) groups is 2.